The van der Waals surface area contributed by atoms with Crippen LogP contribution in [-0.2, 0) is 20.5 Å². The SMILES string of the molecule is O=S(=O)(Cc1cccc(Cl)c1)NCC1CNCCO1. The number of morpholine rings is 1. The largest absolute Gasteiger partial charge is 0.374 e. The van der Waals surface area contributed by atoms with Crippen molar-refractivity contribution in [2.45, 2.75) is 11.9 Å². The Bertz CT molecular complexity index is 515. The highest BCUT2D eigenvalue weighted by Crippen LogP contribution is 2.12. The van der Waals surface area contributed by atoms with Gasteiger partial charge in [0.25, 0.3) is 0 Å². The number of ether oxygens (including phenoxy) is 1. The summed E-state index contributed by atoms with van der Waals surface area (Å²) in [5.41, 5.74) is 0.669. The molecule has 106 valence electrons. The van der Waals surface area contributed by atoms with E-state index in [4.69, 9.17) is 16.3 Å². The summed E-state index contributed by atoms with van der Waals surface area (Å²) >= 11 is 5.83. The van der Waals surface area contributed by atoms with E-state index in [1.54, 1.807) is 24.3 Å². The summed E-state index contributed by atoms with van der Waals surface area (Å²) in [6.45, 7) is 2.38. The van der Waals surface area contributed by atoms with Crippen molar-refractivity contribution < 1.29 is 13.2 Å². The molecular weight excluding hydrogens is 288 g/mol. The summed E-state index contributed by atoms with van der Waals surface area (Å²) < 4.78 is 31.8. The Balaban J connectivity index is 1.87. The molecule has 0 aliphatic carbocycles. The van der Waals surface area contributed by atoms with Gasteiger partial charge < -0.3 is 10.1 Å². The molecule has 19 heavy (non-hydrogen) atoms. The molecule has 1 aliphatic heterocycles. The average Bonchev–Trinajstić information content (AvgIpc) is 2.37. The van der Waals surface area contributed by atoms with Crippen LogP contribution in [0.1, 0.15) is 5.56 Å². The maximum absolute atomic E-state index is 11.9. The minimum absolute atomic E-state index is 0.0757. The molecule has 1 fully saturated rings. The molecule has 2 rings (SSSR count). The molecule has 0 radical (unpaired) electrons. The average molecular weight is 305 g/mol. The molecule has 0 amide bonds. The van der Waals surface area contributed by atoms with Gasteiger partial charge >= 0.3 is 0 Å². The maximum atomic E-state index is 11.9. The number of hydrogen-bond acceptors (Lipinski definition) is 4. The van der Waals surface area contributed by atoms with Crippen LogP contribution in [0.4, 0.5) is 0 Å². The van der Waals surface area contributed by atoms with E-state index in [-0.39, 0.29) is 18.4 Å². The molecule has 1 atom stereocenters. The van der Waals surface area contributed by atoms with Crippen LogP contribution in [0.3, 0.4) is 0 Å². The van der Waals surface area contributed by atoms with Gasteiger partial charge in [0.05, 0.1) is 18.5 Å². The zero-order chi connectivity index (χ0) is 13.7. The highest BCUT2D eigenvalue weighted by Gasteiger charge is 2.17. The first-order valence-corrected chi connectivity index (χ1v) is 8.12. The molecule has 0 spiro atoms. The summed E-state index contributed by atoms with van der Waals surface area (Å²) in [6.07, 6.45) is -0.108. The normalized spacial score (nSPS) is 20.4. The van der Waals surface area contributed by atoms with Gasteiger partial charge in [-0.3, -0.25) is 0 Å². The molecule has 5 nitrogen and oxygen atoms in total. The third-order valence-corrected chi connectivity index (χ3v) is 4.34. The lowest BCUT2D eigenvalue weighted by Crippen LogP contribution is -2.45. The molecule has 2 N–H and O–H groups in total. The van der Waals surface area contributed by atoms with Crippen molar-refractivity contribution in [1.29, 1.82) is 0 Å². The van der Waals surface area contributed by atoms with Gasteiger partial charge in [-0.25, -0.2) is 13.1 Å². The van der Waals surface area contributed by atoms with Crippen LogP contribution in [0.5, 0.6) is 0 Å². The minimum atomic E-state index is -3.37. The van der Waals surface area contributed by atoms with E-state index in [9.17, 15) is 8.42 Å². The minimum Gasteiger partial charge on any atom is -0.374 e. The predicted molar refractivity (Wildman–Crippen MR) is 74.7 cm³/mol. The standard InChI is InChI=1S/C12H17ClN2O3S/c13-11-3-1-2-10(6-11)9-19(16,17)15-8-12-7-14-4-5-18-12/h1-3,6,12,14-15H,4-5,7-9H2. The van der Waals surface area contributed by atoms with Crippen LogP contribution in [-0.4, -0.2) is 40.8 Å². The van der Waals surface area contributed by atoms with Crippen molar-refractivity contribution in [3.8, 4) is 0 Å². The van der Waals surface area contributed by atoms with Crippen LogP contribution in [0.2, 0.25) is 5.02 Å². The molecule has 1 saturated heterocycles. The maximum Gasteiger partial charge on any atom is 0.215 e. The first kappa shape index (κ1) is 14.7. The van der Waals surface area contributed by atoms with E-state index in [0.717, 1.165) is 6.54 Å². The Hall–Kier alpha value is -0.660. The molecule has 1 unspecified atom stereocenters. The number of hydrogen-bond donors (Lipinski definition) is 2. The lowest BCUT2D eigenvalue weighted by atomic mass is 10.2. The Kier molecular flexibility index (Phi) is 5.18. The molecular formula is C12H17ClN2O3S. The first-order valence-electron chi connectivity index (χ1n) is 6.09. The molecule has 7 heteroatoms. The second-order valence-electron chi connectivity index (χ2n) is 4.43. The fourth-order valence-electron chi connectivity index (χ4n) is 1.87. The number of sulfonamides is 1. The predicted octanol–water partition coefficient (Wildman–Crippen LogP) is 0.748. The van der Waals surface area contributed by atoms with Gasteiger partial charge in [0.2, 0.25) is 10.0 Å². The molecule has 1 aromatic rings. The van der Waals surface area contributed by atoms with Gasteiger partial charge in [0.1, 0.15) is 0 Å². The number of halogens is 1. The van der Waals surface area contributed by atoms with Crippen LogP contribution in [0, 0.1) is 0 Å². The topological polar surface area (TPSA) is 67.4 Å². The van der Waals surface area contributed by atoms with Crippen molar-refractivity contribution in [2.75, 3.05) is 26.2 Å². The Labute approximate surface area is 118 Å². The van der Waals surface area contributed by atoms with Crippen molar-refractivity contribution in [1.82, 2.24) is 10.0 Å². The quantitative estimate of drug-likeness (QED) is 0.842. The highest BCUT2D eigenvalue weighted by molar-refractivity contribution is 7.88. The van der Waals surface area contributed by atoms with Crippen molar-refractivity contribution >= 4 is 21.6 Å². The van der Waals surface area contributed by atoms with Gasteiger partial charge in [0, 0.05) is 24.7 Å². The lowest BCUT2D eigenvalue weighted by molar-refractivity contribution is 0.0324. The van der Waals surface area contributed by atoms with Crippen molar-refractivity contribution in [3.05, 3.63) is 34.9 Å². The number of benzene rings is 1. The zero-order valence-electron chi connectivity index (χ0n) is 10.4. The molecule has 1 aromatic carbocycles. The summed E-state index contributed by atoms with van der Waals surface area (Å²) in [6, 6.07) is 6.84. The third-order valence-electron chi connectivity index (χ3n) is 2.78. The molecule has 1 heterocycles. The summed E-state index contributed by atoms with van der Waals surface area (Å²) in [5.74, 6) is -0.0757. The van der Waals surface area contributed by atoms with Gasteiger partial charge in [-0.05, 0) is 17.7 Å². The molecule has 0 bridgehead atoms. The second kappa shape index (κ2) is 6.67. The van der Waals surface area contributed by atoms with E-state index >= 15 is 0 Å². The number of nitrogens with one attached hydrogen (secondary N) is 2. The first-order chi connectivity index (χ1) is 9.05. The van der Waals surface area contributed by atoms with Crippen LogP contribution in [0.15, 0.2) is 24.3 Å². The summed E-state index contributed by atoms with van der Waals surface area (Å²) in [4.78, 5) is 0. The Morgan fingerprint density at radius 2 is 2.32 bits per heavy atom. The third kappa shape index (κ3) is 5.08. The summed E-state index contributed by atoms with van der Waals surface area (Å²) in [7, 11) is -3.37. The van der Waals surface area contributed by atoms with Gasteiger partial charge in [-0.2, -0.15) is 0 Å². The van der Waals surface area contributed by atoms with Crippen LogP contribution < -0.4 is 10.0 Å². The number of rotatable bonds is 5. The van der Waals surface area contributed by atoms with E-state index in [1.807, 2.05) is 0 Å². The summed E-state index contributed by atoms with van der Waals surface area (Å²) in [5, 5.41) is 3.69. The molecule has 0 aromatic heterocycles. The van der Waals surface area contributed by atoms with Crippen molar-refractivity contribution in [3.63, 3.8) is 0 Å². The van der Waals surface area contributed by atoms with Crippen LogP contribution in [0.25, 0.3) is 0 Å². The second-order valence-corrected chi connectivity index (χ2v) is 6.68. The van der Waals surface area contributed by atoms with E-state index in [2.05, 4.69) is 10.0 Å². The molecule has 1 aliphatic rings. The van der Waals surface area contributed by atoms with E-state index in [0.29, 0.717) is 23.7 Å². The zero-order valence-corrected chi connectivity index (χ0v) is 12.0. The van der Waals surface area contributed by atoms with E-state index in [1.165, 1.54) is 0 Å². The van der Waals surface area contributed by atoms with Crippen LogP contribution >= 0.6 is 11.6 Å². The Morgan fingerprint density at radius 3 is 3.00 bits per heavy atom. The lowest BCUT2D eigenvalue weighted by Gasteiger charge is -2.23. The Morgan fingerprint density at radius 1 is 1.47 bits per heavy atom. The van der Waals surface area contributed by atoms with Gasteiger partial charge in [-0.1, -0.05) is 23.7 Å². The fraction of sp³-hybridized carbons (Fsp3) is 0.500. The van der Waals surface area contributed by atoms with Gasteiger partial charge in [0.15, 0.2) is 0 Å². The van der Waals surface area contributed by atoms with Gasteiger partial charge in [-0.15, -0.1) is 0 Å². The van der Waals surface area contributed by atoms with Crippen molar-refractivity contribution in [2.24, 2.45) is 0 Å². The van der Waals surface area contributed by atoms with E-state index < -0.39 is 10.0 Å². The smallest absolute Gasteiger partial charge is 0.215 e. The monoisotopic (exact) mass is 304 g/mol. The fourth-order valence-corrected chi connectivity index (χ4v) is 3.24. The molecule has 0 saturated carbocycles. The highest BCUT2D eigenvalue weighted by atomic mass is 35.5.